The smallest absolute Gasteiger partial charge is 0.237 e. The van der Waals surface area contributed by atoms with E-state index in [1.165, 1.54) is 51.4 Å². The third-order valence-corrected chi connectivity index (χ3v) is 4.97. The first-order chi connectivity index (χ1) is 8.34. The molecule has 0 aromatic rings. The van der Waals surface area contributed by atoms with Gasteiger partial charge in [0.2, 0.25) is 5.91 Å². The second-order valence-corrected chi connectivity index (χ2v) is 6.04. The maximum atomic E-state index is 11.9. The van der Waals surface area contributed by atoms with Crippen LogP contribution in [0.25, 0.3) is 0 Å². The summed E-state index contributed by atoms with van der Waals surface area (Å²) >= 11 is 0. The molecule has 1 aliphatic heterocycles. The van der Waals surface area contributed by atoms with Gasteiger partial charge >= 0.3 is 0 Å². The lowest BCUT2D eigenvalue weighted by Gasteiger charge is -2.32. The summed E-state index contributed by atoms with van der Waals surface area (Å²) in [5.41, 5.74) is 0. The van der Waals surface area contributed by atoms with Crippen LogP contribution in [0.5, 0.6) is 0 Å². The van der Waals surface area contributed by atoms with Crippen LogP contribution in [0.1, 0.15) is 51.4 Å². The molecule has 1 unspecified atom stereocenters. The molecule has 0 radical (unpaired) electrons. The van der Waals surface area contributed by atoms with E-state index < -0.39 is 0 Å². The van der Waals surface area contributed by atoms with Crippen molar-refractivity contribution in [1.82, 2.24) is 10.2 Å². The van der Waals surface area contributed by atoms with Crippen LogP contribution < -0.4 is 5.32 Å². The molecule has 1 heterocycles. The normalized spacial score (nSPS) is 31.2. The largest absolute Gasteiger partial charge is 0.326 e. The molecule has 2 aliphatic carbocycles. The number of rotatable bonds is 4. The summed E-state index contributed by atoms with van der Waals surface area (Å²) in [5.74, 6) is 1.97. The van der Waals surface area contributed by atoms with Crippen LogP contribution in [-0.4, -0.2) is 30.1 Å². The molecular weight excluding hydrogens is 212 g/mol. The van der Waals surface area contributed by atoms with Crippen molar-refractivity contribution in [1.29, 1.82) is 0 Å². The Morgan fingerprint density at radius 3 is 2.53 bits per heavy atom. The van der Waals surface area contributed by atoms with Crippen molar-refractivity contribution in [3.8, 4) is 0 Å². The number of amides is 1. The number of carbonyl (C=O) groups is 1. The number of carbonyl (C=O) groups excluding carboxylic acids is 1. The maximum absolute atomic E-state index is 11.9. The standard InChI is InChI=1S/C14H24N2O/c17-13-10-15-14(12-6-1-2-7-12)16(13)9-8-11-4-3-5-11/h11-12,14-15H,1-10H2. The van der Waals surface area contributed by atoms with Crippen LogP contribution in [0.15, 0.2) is 0 Å². The second kappa shape index (κ2) is 4.97. The SMILES string of the molecule is O=C1CNC(C2CCCC2)N1CCC1CCC1. The van der Waals surface area contributed by atoms with Crippen LogP contribution in [0.3, 0.4) is 0 Å². The quantitative estimate of drug-likeness (QED) is 0.811. The Labute approximate surface area is 104 Å². The van der Waals surface area contributed by atoms with Gasteiger partial charge in [-0.05, 0) is 31.1 Å². The predicted octanol–water partition coefficient (Wildman–Crippen LogP) is 2.12. The van der Waals surface area contributed by atoms with Crippen LogP contribution in [0.2, 0.25) is 0 Å². The fourth-order valence-electron chi connectivity index (χ4n) is 3.62. The molecule has 3 fully saturated rings. The maximum Gasteiger partial charge on any atom is 0.237 e. The molecule has 3 aliphatic rings. The van der Waals surface area contributed by atoms with Gasteiger partial charge in [0, 0.05) is 6.54 Å². The Balaban J connectivity index is 1.55. The first kappa shape index (κ1) is 11.5. The molecule has 3 heteroatoms. The van der Waals surface area contributed by atoms with Gasteiger partial charge < -0.3 is 4.90 Å². The third kappa shape index (κ3) is 2.35. The molecule has 0 aromatic heterocycles. The molecule has 1 N–H and O–H groups in total. The Kier molecular flexibility index (Phi) is 3.37. The molecular formula is C14H24N2O. The Hall–Kier alpha value is -0.570. The predicted molar refractivity (Wildman–Crippen MR) is 67.4 cm³/mol. The van der Waals surface area contributed by atoms with Crippen molar-refractivity contribution in [2.24, 2.45) is 11.8 Å². The van der Waals surface area contributed by atoms with Crippen LogP contribution in [-0.2, 0) is 4.79 Å². The van der Waals surface area contributed by atoms with Gasteiger partial charge in [0.25, 0.3) is 0 Å². The van der Waals surface area contributed by atoms with Crippen molar-refractivity contribution in [3.63, 3.8) is 0 Å². The highest BCUT2D eigenvalue weighted by Crippen LogP contribution is 2.33. The fraction of sp³-hybridized carbons (Fsp3) is 0.929. The number of hydrogen-bond donors (Lipinski definition) is 1. The lowest BCUT2D eigenvalue weighted by Crippen LogP contribution is -2.43. The van der Waals surface area contributed by atoms with E-state index in [1.54, 1.807) is 0 Å². The third-order valence-electron chi connectivity index (χ3n) is 4.97. The summed E-state index contributed by atoms with van der Waals surface area (Å²) in [6.45, 7) is 1.57. The lowest BCUT2D eigenvalue weighted by molar-refractivity contribution is -0.128. The number of hydrogen-bond acceptors (Lipinski definition) is 2. The molecule has 3 rings (SSSR count). The van der Waals surface area contributed by atoms with Crippen molar-refractivity contribution >= 4 is 5.91 Å². The highest BCUT2D eigenvalue weighted by atomic mass is 16.2. The summed E-state index contributed by atoms with van der Waals surface area (Å²) < 4.78 is 0. The summed E-state index contributed by atoms with van der Waals surface area (Å²) in [4.78, 5) is 14.1. The number of nitrogens with one attached hydrogen (secondary N) is 1. The first-order valence-electron chi connectivity index (χ1n) is 7.37. The minimum Gasteiger partial charge on any atom is -0.326 e. The van der Waals surface area contributed by atoms with E-state index in [1.807, 2.05) is 0 Å². The Morgan fingerprint density at radius 2 is 1.88 bits per heavy atom. The Morgan fingerprint density at radius 1 is 1.12 bits per heavy atom. The topological polar surface area (TPSA) is 32.3 Å². The van der Waals surface area contributed by atoms with Gasteiger partial charge in [0.05, 0.1) is 12.7 Å². The van der Waals surface area contributed by atoms with Gasteiger partial charge in [-0.2, -0.15) is 0 Å². The molecule has 3 nitrogen and oxygen atoms in total. The van der Waals surface area contributed by atoms with Crippen LogP contribution in [0, 0.1) is 11.8 Å². The average Bonchev–Trinajstić information content (AvgIpc) is 2.86. The summed E-state index contributed by atoms with van der Waals surface area (Å²) in [7, 11) is 0. The highest BCUT2D eigenvalue weighted by molar-refractivity contribution is 5.80. The lowest BCUT2D eigenvalue weighted by atomic mass is 9.83. The van der Waals surface area contributed by atoms with Crippen molar-refractivity contribution < 1.29 is 4.79 Å². The van der Waals surface area contributed by atoms with Gasteiger partial charge in [-0.25, -0.2) is 0 Å². The van der Waals surface area contributed by atoms with Gasteiger partial charge in [0.15, 0.2) is 0 Å². The molecule has 1 atom stereocenters. The minimum absolute atomic E-state index is 0.334. The molecule has 0 bridgehead atoms. The molecule has 96 valence electrons. The van der Waals surface area contributed by atoms with Crippen LogP contribution in [0.4, 0.5) is 0 Å². The molecule has 1 amide bonds. The van der Waals surface area contributed by atoms with E-state index >= 15 is 0 Å². The van der Waals surface area contributed by atoms with E-state index in [-0.39, 0.29) is 0 Å². The minimum atomic E-state index is 0.334. The van der Waals surface area contributed by atoms with Crippen molar-refractivity contribution in [2.45, 2.75) is 57.5 Å². The average molecular weight is 236 g/mol. The van der Waals surface area contributed by atoms with Gasteiger partial charge in [-0.3, -0.25) is 10.1 Å². The van der Waals surface area contributed by atoms with E-state index in [0.29, 0.717) is 18.6 Å². The molecule has 0 spiro atoms. The number of nitrogens with zero attached hydrogens (tertiary/aromatic N) is 1. The monoisotopic (exact) mass is 236 g/mol. The van der Waals surface area contributed by atoms with E-state index in [4.69, 9.17) is 0 Å². The van der Waals surface area contributed by atoms with E-state index in [0.717, 1.165) is 18.4 Å². The van der Waals surface area contributed by atoms with E-state index in [9.17, 15) is 4.79 Å². The summed E-state index contributed by atoms with van der Waals surface area (Å²) in [6, 6.07) is 0. The first-order valence-corrected chi connectivity index (χ1v) is 7.37. The highest BCUT2D eigenvalue weighted by Gasteiger charge is 2.37. The summed E-state index contributed by atoms with van der Waals surface area (Å²) in [5, 5.41) is 3.43. The molecule has 0 aromatic carbocycles. The summed E-state index contributed by atoms with van der Waals surface area (Å²) in [6.07, 6.45) is 11.1. The molecule has 1 saturated heterocycles. The van der Waals surface area contributed by atoms with Gasteiger partial charge in [0.1, 0.15) is 0 Å². The van der Waals surface area contributed by atoms with Crippen LogP contribution >= 0.6 is 0 Å². The van der Waals surface area contributed by atoms with Crippen molar-refractivity contribution in [2.75, 3.05) is 13.1 Å². The second-order valence-electron chi connectivity index (χ2n) is 6.04. The molecule has 2 saturated carbocycles. The van der Waals surface area contributed by atoms with E-state index in [2.05, 4.69) is 10.2 Å². The van der Waals surface area contributed by atoms with Crippen molar-refractivity contribution in [3.05, 3.63) is 0 Å². The zero-order valence-corrected chi connectivity index (χ0v) is 10.7. The van der Waals surface area contributed by atoms with Gasteiger partial charge in [-0.1, -0.05) is 32.1 Å². The Bertz CT molecular complexity index is 282. The zero-order chi connectivity index (χ0) is 11.7. The zero-order valence-electron chi connectivity index (χ0n) is 10.7. The van der Waals surface area contributed by atoms with Gasteiger partial charge in [-0.15, -0.1) is 0 Å². The molecule has 17 heavy (non-hydrogen) atoms. The fourth-order valence-corrected chi connectivity index (χ4v) is 3.62.